The molecule has 0 aliphatic heterocycles. The molecule has 0 saturated heterocycles. The Morgan fingerprint density at radius 1 is 1.05 bits per heavy atom. The Balaban J connectivity index is 1.68. The zero-order valence-corrected chi connectivity index (χ0v) is 21.5. The van der Waals surface area contributed by atoms with Gasteiger partial charge in [0.05, 0.1) is 19.7 Å². The Hall–Kier alpha value is -3.73. The van der Waals surface area contributed by atoms with Crippen LogP contribution in [-0.2, 0) is 22.4 Å². The number of aromatic nitrogens is 1. The molecule has 38 heavy (non-hydrogen) atoms. The number of methoxy groups -OCH3 is 1. The quantitative estimate of drug-likeness (QED) is 0.244. The van der Waals surface area contributed by atoms with E-state index in [-0.39, 0.29) is 18.7 Å². The maximum Gasteiger partial charge on any atom is 0.401 e. The number of phenolic OH excluding ortho intramolecular Hbond substituents is 1. The summed E-state index contributed by atoms with van der Waals surface area (Å²) < 4.78 is 43.5. The van der Waals surface area contributed by atoms with Crippen LogP contribution in [0.3, 0.4) is 0 Å². The largest absolute Gasteiger partial charge is 0.508 e. The van der Waals surface area contributed by atoms with E-state index in [1.165, 1.54) is 12.1 Å². The van der Waals surface area contributed by atoms with E-state index in [1.54, 1.807) is 33.1 Å². The number of carbonyl (C=O) groups is 2. The molecule has 0 aliphatic rings. The summed E-state index contributed by atoms with van der Waals surface area (Å²) in [6.45, 7) is 2.19. The van der Waals surface area contributed by atoms with Crippen LogP contribution in [0.5, 0.6) is 11.5 Å². The van der Waals surface area contributed by atoms with E-state index in [4.69, 9.17) is 4.74 Å². The lowest BCUT2D eigenvalue weighted by Crippen LogP contribution is -2.56. The van der Waals surface area contributed by atoms with Crippen molar-refractivity contribution in [3.8, 4) is 11.5 Å². The number of phenols is 1. The first-order chi connectivity index (χ1) is 17.9. The molecule has 1 heterocycles. The van der Waals surface area contributed by atoms with Crippen molar-refractivity contribution in [1.82, 2.24) is 20.9 Å². The zero-order valence-electron chi connectivity index (χ0n) is 21.5. The van der Waals surface area contributed by atoms with Crippen molar-refractivity contribution in [2.45, 2.75) is 44.9 Å². The number of halogens is 3. The molecule has 0 radical (unpaired) electrons. The minimum absolute atomic E-state index is 0.0472. The summed E-state index contributed by atoms with van der Waals surface area (Å²) in [6, 6.07) is 11.6. The maximum absolute atomic E-state index is 13.1. The number of hydrogen-bond donors (Lipinski definition) is 5. The third-order valence-corrected chi connectivity index (χ3v) is 6.06. The number of hydrogen-bond acceptors (Lipinski definition) is 5. The molecular weight excluding hydrogens is 501 g/mol. The number of aromatic hydroxyl groups is 1. The van der Waals surface area contributed by atoms with Crippen LogP contribution in [0.25, 0.3) is 10.9 Å². The van der Waals surface area contributed by atoms with E-state index in [0.29, 0.717) is 12.0 Å². The smallest absolute Gasteiger partial charge is 0.401 e. The summed E-state index contributed by atoms with van der Waals surface area (Å²) in [5.41, 5.74) is 2.48. The van der Waals surface area contributed by atoms with Gasteiger partial charge in [0.1, 0.15) is 17.5 Å². The van der Waals surface area contributed by atoms with Gasteiger partial charge < -0.3 is 25.5 Å². The van der Waals surface area contributed by atoms with Crippen molar-refractivity contribution >= 4 is 22.7 Å². The molecule has 0 saturated carbocycles. The molecule has 2 unspecified atom stereocenters. The molecule has 1 aromatic heterocycles. The number of rotatable bonds is 12. The van der Waals surface area contributed by atoms with Crippen LogP contribution in [-0.4, -0.2) is 60.4 Å². The van der Waals surface area contributed by atoms with E-state index in [9.17, 15) is 27.9 Å². The highest BCUT2D eigenvalue weighted by molar-refractivity contribution is 5.90. The van der Waals surface area contributed by atoms with Gasteiger partial charge in [-0.2, -0.15) is 13.2 Å². The van der Waals surface area contributed by atoms with Crippen LogP contribution in [0.2, 0.25) is 0 Å². The van der Waals surface area contributed by atoms with Crippen LogP contribution in [0.1, 0.15) is 25.1 Å². The average Bonchev–Trinajstić information content (AvgIpc) is 3.25. The summed E-state index contributed by atoms with van der Waals surface area (Å²) in [7, 11) is 1.59. The first-order valence-corrected chi connectivity index (χ1v) is 12.3. The SMILES string of the molecule is COc1ccc2[nH]c(CCNC(=O)C(Cc3ccc(O)cc3)NC(=O)C(NCC(F)(F)F)C(C)C)cc2c1. The number of aromatic amines is 1. The average molecular weight is 535 g/mol. The number of nitrogens with one attached hydrogen (secondary N) is 4. The minimum Gasteiger partial charge on any atom is -0.508 e. The van der Waals surface area contributed by atoms with Crippen LogP contribution in [0, 0.1) is 5.92 Å². The fourth-order valence-electron chi connectivity index (χ4n) is 4.07. The molecule has 0 fully saturated rings. The maximum atomic E-state index is 13.1. The monoisotopic (exact) mass is 534 g/mol. The highest BCUT2D eigenvalue weighted by Crippen LogP contribution is 2.21. The Bertz CT molecular complexity index is 1230. The molecule has 5 N–H and O–H groups in total. The van der Waals surface area contributed by atoms with Gasteiger partial charge >= 0.3 is 6.18 Å². The van der Waals surface area contributed by atoms with Crippen LogP contribution >= 0.6 is 0 Å². The Morgan fingerprint density at radius 2 is 1.76 bits per heavy atom. The third kappa shape index (κ3) is 8.41. The van der Waals surface area contributed by atoms with Gasteiger partial charge in [0.25, 0.3) is 0 Å². The molecule has 2 atom stereocenters. The van der Waals surface area contributed by atoms with Gasteiger partial charge in [-0.1, -0.05) is 26.0 Å². The van der Waals surface area contributed by atoms with E-state index >= 15 is 0 Å². The van der Waals surface area contributed by atoms with Crippen molar-refractivity contribution < 1.29 is 32.6 Å². The number of carbonyl (C=O) groups excluding carboxylic acids is 2. The van der Waals surface area contributed by atoms with Gasteiger partial charge in [-0.05, 0) is 47.9 Å². The predicted octanol–water partition coefficient (Wildman–Crippen LogP) is 3.44. The van der Waals surface area contributed by atoms with Gasteiger partial charge in [-0.15, -0.1) is 0 Å². The molecule has 0 bridgehead atoms. The first-order valence-electron chi connectivity index (χ1n) is 12.3. The first kappa shape index (κ1) is 28.8. The zero-order chi connectivity index (χ0) is 27.9. The topological polar surface area (TPSA) is 115 Å². The number of benzene rings is 2. The summed E-state index contributed by atoms with van der Waals surface area (Å²) >= 11 is 0. The Morgan fingerprint density at radius 3 is 2.39 bits per heavy atom. The number of ether oxygens (including phenoxy) is 1. The molecule has 3 rings (SSSR count). The third-order valence-electron chi connectivity index (χ3n) is 6.06. The molecule has 3 aromatic rings. The normalized spacial score (nSPS) is 13.3. The number of amides is 2. The van der Waals surface area contributed by atoms with E-state index in [1.807, 2.05) is 24.3 Å². The highest BCUT2D eigenvalue weighted by Gasteiger charge is 2.33. The Kier molecular flexibility index (Phi) is 9.62. The highest BCUT2D eigenvalue weighted by atomic mass is 19.4. The van der Waals surface area contributed by atoms with E-state index in [0.717, 1.165) is 22.3 Å². The summed E-state index contributed by atoms with van der Waals surface area (Å²) in [6.07, 6.45) is -3.90. The summed E-state index contributed by atoms with van der Waals surface area (Å²) in [5.74, 6) is -0.842. The number of H-pyrrole nitrogens is 1. The molecule has 2 aromatic carbocycles. The van der Waals surface area contributed by atoms with Gasteiger partial charge in [-0.3, -0.25) is 14.9 Å². The van der Waals surface area contributed by atoms with Crippen molar-refractivity contribution in [2.24, 2.45) is 5.92 Å². The second kappa shape index (κ2) is 12.7. The fourth-order valence-corrected chi connectivity index (χ4v) is 4.07. The van der Waals surface area contributed by atoms with Crippen molar-refractivity contribution in [3.05, 3.63) is 59.8 Å². The van der Waals surface area contributed by atoms with Gasteiger partial charge in [0.15, 0.2) is 0 Å². The molecule has 0 spiro atoms. The van der Waals surface area contributed by atoms with Gasteiger partial charge in [0, 0.05) is 36.0 Å². The second-order valence-electron chi connectivity index (χ2n) is 9.44. The van der Waals surface area contributed by atoms with Crippen LogP contribution in [0.4, 0.5) is 13.2 Å². The second-order valence-corrected chi connectivity index (χ2v) is 9.44. The number of alkyl halides is 3. The van der Waals surface area contributed by atoms with Crippen molar-refractivity contribution in [1.29, 1.82) is 0 Å². The lowest BCUT2D eigenvalue weighted by atomic mass is 10.0. The Labute approximate surface area is 219 Å². The summed E-state index contributed by atoms with van der Waals surface area (Å²) in [4.78, 5) is 29.3. The van der Waals surface area contributed by atoms with Gasteiger partial charge in [-0.25, -0.2) is 0 Å². The molecule has 11 heteroatoms. The van der Waals surface area contributed by atoms with Crippen molar-refractivity contribution in [3.63, 3.8) is 0 Å². The molecule has 206 valence electrons. The lowest BCUT2D eigenvalue weighted by Gasteiger charge is -2.26. The van der Waals surface area contributed by atoms with E-state index in [2.05, 4.69) is 20.9 Å². The molecule has 2 amide bonds. The molecular formula is C27H33F3N4O4. The van der Waals surface area contributed by atoms with Crippen LogP contribution in [0.15, 0.2) is 48.5 Å². The predicted molar refractivity (Wildman–Crippen MR) is 138 cm³/mol. The minimum atomic E-state index is -4.48. The molecule has 0 aliphatic carbocycles. The van der Waals surface area contributed by atoms with E-state index < -0.39 is 42.5 Å². The molecule has 8 nitrogen and oxygen atoms in total. The van der Waals surface area contributed by atoms with Gasteiger partial charge in [0.2, 0.25) is 11.8 Å². The van der Waals surface area contributed by atoms with Crippen LogP contribution < -0.4 is 20.7 Å². The number of fused-ring (bicyclic) bond motifs is 1. The summed E-state index contributed by atoms with van der Waals surface area (Å²) in [5, 5.41) is 18.2. The lowest BCUT2D eigenvalue weighted by molar-refractivity contribution is -0.136. The standard InChI is InChI=1S/C27H33F3N4O4/c1-16(2)24(32-15-27(28,29)30)26(37)34-23(12-17-4-6-20(35)7-5-17)25(36)31-11-10-19-13-18-14-21(38-3)8-9-22(18)33-19/h4-9,13-14,16,23-24,32-33,35H,10-12,15H2,1-3H3,(H,31,36)(H,34,37). The fraction of sp³-hybridized carbons (Fsp3) is 0.407. The van der Waals surface area contributed by atoms with Crippen molar-refractivity contribution in [2.75, 3.05) is 20.2 Å².